The molecule has 0 spiro atoms. The molecule has 1 amide bonds. The monoisotopic (exact) mass is 446 g/mol. The van der Waals surface area contributed by atoms with Crippen molar-refractivity contribution in [3.8, 4) is 0 Å². The highest BCUT2D eigenvalue weighted by Crippen LogP contribution is 2.42. The Morgan fingerprint density at radius 2 is 2.12 bits per heavy atom. The van der Waals surface area contributed by atoms with Crippen LogP contribution in [0, 0.1) is 18.3 Å². The van der Waals surface area contributed by atoms with E-state index in [9.17, 15) is 4.79 Å². The van der Waals surface area contributed by atoms with Gasteiger partial charge in [0.1, 0.15) is 5.84 Å². The minimum atomic E-state index is -0.119. The predicted octanol–water partition coefficient (Wildman–Crippen LogP) is 3.97. The lowest BCUT2D eigenvalue weighted by Gasteiger charge is -2.28. The normalized spacial score (nSPS) is 25.0. The number of nitrogens with one attached hydrogen (secondary N) is 4. The van der Waals surface area contributed by atoms with Crippen molar-refractivity contribution in [2.45, 2.75) is 46.5 Å². The van der Waals surface area contributed by atoms with Gasteiger partial charge in [-0.15, -0.1) is 0 Å². The van der Waals surface area contributed by atoms with Gasteiger partial charge in [-0.05, 0) is 49.3 Å². The van der Waals surface area contributed by atoms with Crippen LogP contribution in [0.25, 0.3) is 0 Å². The first-order valence-corrected chi connectivity index (χ1v) is 11.8. The lowest BCUT2D eigenvalue weighted by atomic mass is 9.76. The number of hydrogen-bond acceptors (Lipinski definition) is 4. The maximum Gasteiger partial charge on any atom is 0.258 e. The van der Waals surface area contributed by atoms with E-state index in [4.69, 9.17) is 10.1 Å². The van der Waals surface area contributed by atoms with E-state index in [-0.39, 0.29) is 17.7 Å². The van der Waals surface area contributed by atoms with Crippen LogP contribution in [0.15, 0.2) is 64.7 Å². The summed E-state index contributed by atoms with van der Waals surface area (Å²) in [5.41, 5.74) is 7.90. The summed E-state index contributed by atoms with van der Waals surface area (Å²) in [5.74, 6) is 0.638. The van der Waals surface area contributed by atoms with Gasteiger partial charge in [0.15, 0.2) is 0 Å². The molecule has 2 aliphatic heterocycles. The minimum absolute atomic E-state index is 0.119. The van der Waals surface area contributed by atoms with Crippen molar-refractivity contribution in [2.75, 3.05) is 19.8 Å². The molecule has 0 radical (unpaired) electrons. The second kappa shape index (κ2) is 9.79. The zero-order chi connectivity index (χ0) is 23.5. The molecule has 33 heavy (non-hydrogen) atoms. The number of fused-ring (bicyclic) bond motifs is 1. The van der Waals surface area contributed by atoms with Crippen molar-refractivity contribution in [3.63, 3.8) is 0 Å². The summed E-state index contributed by atoms with van der Waals surface area (Å²) in [7, 11) is 0. The van der Waals surface area contributed by atoms with Crippen LogP contribution in [0.4, 0.5) is 0 Å². The van der Waals surface area contributed by atoms with Gasteiger partial charge in [-0.3, -0.25) is 10.2 Å². The lowest BCUT2D eigenvalue weighted by molar-refractivity contribution is -0.115. The zero-order valence-electron chi connectivity index (χ0n) is 20.0. The van der Waals surface area contributed by atoms with Crippen molar-refractivity contribution in [1.29, 1.82) is 5.41 Å². The second-order valence-corrected chi connectivity index (χ2v) is 8.94. The summed E-state index contributed by atoms with van der Waals surface area (Å²) in [6.45, 7) is 10.3. The Kier molecular flexibility index (Phi) is 6.84. The van der Waals surface area contributed by atoms with Crippen LogP contribution in [-0.4, -0.2) is 31.5 Å². The standard InChI is InChI=1S/C27H34N4O2/c1-5-18-8-7-16(3)21(11-18)22-14-23-24(12-19(22)6-2)31-27(32)26(23)17(4)30-25(28)13-20-15-33-10-9-29-20/h7-8,11-14,19,22,29H,5-6,9-10,15H2,1-4H3,(H2,28,30)(H,31,32)/b20-13-,26-17-. The maximum absolute atomic E-state index is 13.0. The molecular formula is C27H34N4O2. The Labute approximate surface area is 196 Å². The number of benzene rings is 1. The SMILES string of the molecule is CCc1ccc(C)c(C2C=C3C(=CC2CC)NC(=O)/C3=C(/C)NC(=N)/C=C2/COCCN2)c1. The van der Waals surface area contributed by atoms with Crippen LogP contribution in [0.2, 0.25) is 0 Å². The molecule has 4 N–H and O–H groups in total. The smallest absolute Gasteiger partial charge is 0.258 e. The van der Waals surface area contributed by atoms with Gasteiger partial charge in [-0.1, -0.05) is 44.2 Å². The first-order valence-electron chi connectivity index (χ1n) is 11.8. The quantitative estimate of drug-likeness (QED) is 0.313. The summed E-state index contributed by atoms with van der Waals surface area (Å²) in [6.07, 6.45) is 8.18. The largest absolute Gasteiger partial charge is 0.384 e. The highest BCUT2D eigenvalue weighted by atomic mass is 16.5. The number of allylic oxidation sites excluding steroid dienone is 4. The average molecular weight is 447 g/mol. The predicted molar refractivity (Wildman–Crippen MR) is 132 cm³/mol. The number of aryl methyl sites for hydroxylation is 2. The summed E-state index contributed by atoms with van der Waals surface area (Å²) in [6, 6.07) is 6.72. The summed E-state index contributed by atoms with van der Waals surface area (Å²) >= 11 is 0. The molecule has 174 valence electrons. The number of amidine groups is 1. The molecule has 2 heterocycles. The molecule has 2 fully saturated rings. The van der Waals surface area contributed by atoms with Crippen LogP contribution in [0.3, 0.4) is 0 Å². The topological polar surface area (TPSA) is 86.2 Å². The van der Waals surface area contributed by atoms with Crippen LogP contribution >= 0.6 is 0 Å². The Balaban J connectivity index is 1.67. The first-order chi connectivity index (χ1) is 15.9. The fourth-order valence-electron chi connectivity index (χ4n) is 4.85. The van der Waals surface area contributed by atoms with E-state index in [1.807, 2.05) is 6.92 Å². The Bertz CT molecular complexity index is 1090. The van der Waals surface area contributed by atoms with Gasteiger partial charge in [0.05, 0.1) is 18.8 Å². The average Bonchev–Trinajstić information content (AvgIpc) is 3.13. The van der Waals surface area contributed by atoms with Crippen molar-refractivity contribution >= 4 is 11.7 Å². The number of ether oxygens (including phenoxy) is 1. The molecule has 1 aromatic rings. The summed E-state index contributed by atoms with van der Waals surface area (Å²) < 4.78 is 5.43. The fraction of sp³-hybridized carbons (Fsp3) is 0.407. The van der Waals surface area contributed by atoms with Gasteiger partial charge in [0.25, 0.3) is 5.91 Å². The van der Waals surface area contributed by atoms with Crippen LogP contribution in [0.1, 0.15) is 49.8 Å². The third-order valence-corrected chi connectivity index (χ3v) is 6.68. The number of carbonyl (C=O) groups excluding carboxylic acids is 1. The number of carbonyl (C=O) groups is 1. The second-order valence-electron chi connectivity index (χ2n) is 8.94. The van der Waals surface area contributed by atoms with Gasteiger partial charge in [0, 0.05) is 41.2 Å². The number of hydrogen-bond donors (Lipinski definition) is 4. The molecule has 0 aromatic heterocycles. The Morgan fingerprint density at radius 1 is 1.30 bits per heavy atom. The molecule has 4 rings (SSSR count). The van der Waals surface area contributed by atoms with Gasteiger partial charge in [-0.2, -0.15) is 0 Å². The molecule has 1 aliphatic carbocycles. The number of rotatable bonds is 5. The molecule has 6 heteroatoms. The number of morpholine rings is 1. The maximum atomic E-state index is 13.0. The van der Waals surface area contributed by atoms with E-state index in [0.717, 1.165) is 36.4 Å². The fourth-order valence-corrected chi connectivity index (χ4v) is 4.85. The molecule has 0 saturated carbocycles. The third-order valence-electron chi connectivity index (χ3n) is 6.68. The van der Waals surface area contributed by atoms with Crippen LogP contribution < -0.4 is 16.0 Å². The number of amides is 1. The van der Waals surface area contributed by atoms with Crippen molar-refractivity contribution in [2.24, 2.45) is 5.92 Å². The highest BCUT2D eigenvalue weighted by Gasteiger charge is 2.35. The summed E-state index contributed by atoms with van der Waals surface area (Å²) in [4.78, 5) is 13.0. The van der Waals surface area contributed by atoms with Crippen molar-refractivity contribution < 1.29 is 9.53 Å². The van der Waals surface area contributed by atoms with E-state index >= 15 is 0 Å². The van der Waals surface area contributed by atoms with Gasteiger partial charge in [-0.25, -0.2) is 0 Å². The molecule has 2 atom stereocenters. The van der Waals surface area contributed by atoms with Crippen molar-refractivity contribution in [3.05, 3.63) is 81.4 Å². The third kappa shape index (κ3) is 4.81. The van der Waals surface area contributed by atoms with Crippen LogP contribution in [-0.2, 0) is 16.0 Å². The van der Waals surface area contributed by atoms with Crippen molar-refractivity contribution in [1.82, 2.24) is 16.0 Å². The van der Waals surface area contributed by atoms with E-state index < -0.39 is 0 Å². The van der Waals surface area contributed by atoms with E-state index in [0.29, 0.717) is 30.4 Å². The molecule has 3 aliphatic rings. The van der Waals surface area contributed by atoms with Crippen LogP contribution in [0.5, 0.6) is 0 Å². The van der Waals surface area contributed by atoms with E-state index in [1.165, 1.54) is 16.7 Å². The molecule has 2 unspecified atom stereocenters. The summed E-state index contributed by atoms with van der Waals surface area (Å²) in [5, 5.41) is 17.7. The zero-order valence-corrected chi connectivity index (χ0v) is 20.0. The lowest BCUT2D eigenvalue weighted by Crippen LogP contribution is -2.31. The molecule has 2 saturated heterocycles. The Hall–Kier alpha value is -3.12. The van der Waals surface area contributed by atoms with E-state index in [2.05, 4.69) is 67.1 Å². The van der Waals surface area contributed by atoms with Gasteiger partial charge in [0.2, 0.25) is 0 Å². The molecule has 6 nitrogen and oxygen atoms in total. The molecule has 0 bridgehead atoms. The highest BCUT2D eigenvalue weighted by molar-refractivity contribution is 6.06. The van der Waals surface area contributed by atoms with Gasteiger partial charge < -0.3 is 20.7 Å². The molecule has 1 aromatic carbocycles. The Morgan fingerprint density at radius 3 is 2.82 bits per heavy atom. The van der Waals surface area contributed by atoms with E-state index in [1.54, 1.807) is 6.08 Å². The first kappa shape index (κ1) is 23.1. The molecular weight excluding hydrogens is 412 g/mol. The minimum Gasteiger partial charge on any atom is -0.384 e. The van der Waals surface area contributed by atoms with Gasteiger partial charge >= 0.3 is 0 Å².